The van der Waals surface area contributed by atoms with Crippen LogP contribution in [0.25, 0.3) is 0 Å². The van der Waals surface area contributed by atoms with E-state index in [1.807, 2.05) is 4.90 Å². The number of ether oxygens (including phenoxy) is 1. The number of carbonyl (C=O) groups is 1. The smallest absolute Gasteiger partial charge is 0.433 e. The van der Waals surface area contributed by atoms with Crippen LogP contribution < -0.4 is 4.90 Å². The molecule has 0 unspecified atom stereocenters. The second kappa shape index (κ2) is 5.79. The van der Waals surface area contributed by atoms with Crippen LogP contribution in [0.5, 0.6) is 0 Å². The molecule has 1 aromatic rings. The Labute approximate surface area is 135 Å². The lowest BCUT2D eigenvalue weighted by molar-refractivity contribution is -0.142. The van der Waals surface area contributed by atoms with E-state index in [1.165, 1.54) is 7.11 Å². The molecular weight excluding hydrogens is 337 g/mol. The summed E-state index contributed by atoms with van der Waals surface area (Å²) in [6.07, 6.45) is -3.81. The highest BCUT2D eigenvalue weighted by Crippen LogP contribution is 2.36. The number of esters is 1. The number of nitrogens with zero attached hydrogens (tertiary/aromatic N) is 4. The van der Waals surface area contributed by atoms with Crippen molar-refractivity contribution in [2.45, 2.75) is 24.7 Å². The zero-order chi connectivity index (χ0) is 16.8. The van der Waals surface area contributed by atoms with E-state index in [0.29, 0.717) is 13.1 Å². The van der Waals surface area contributed by atoms with Crippen LogP contribution in [0.1, 0.15) is 12.1 Å². The summed E-state index contributed by atoms with van der Waals surface area (Å²) in [5.41, 5.74) is -1.05. The second-order valence-electron chi connectivity index (χ2n) is 5.58. The molecule has 2 fully saturated rings. The Morgan fingerprint density at radius 2 is 2.13 bits per heavy atom. The van der Waals surface area contributed by atoms with Crippen LogP contribution >= 0.6 is 11.6 Å². The lowest BCUT2D eigenvalue weighted by atomic mass is 10.2. The van der Waals surface area contributed by atoms with Gasteiger partial charge in [-0.15, -0.1) is 0 Å². The highest BCUT2D eigenvalue weighted by atomic mass is 35.5. The third kappa shape index (κ3) is 3.20. The first-order chi connectivity index (χ1) is 10.8. The third-order valence-corrected chi connectivity index (χ3v) is 4.35. The highest BCUT2D eigenvalue weighted by molar-refractivity contribution is 6.28. The lowest BCUT2D eigenvalue weighted by Crippen LogP contribution is -2.48. The van der Waals surface area contributed by atoms with Crippen molar-refractivity contribution in [2.75, 3.05) is 31.6 Å². The Kier molecular flexibility index (Phi) is 4.09. The van der Waals surface area contributed by atoms with Crippen molar-refractivity contribution in [1.29, 1.82) is 0 Å². The zero-order valence-electron chi connectivity index (χ0n) is 12.2. The van der Waals surface area contributed by atoms with Gasteiger partial charge in [-0.2, -0.15) is 13.2 Å². The maximum atomic E-state index is 12.8. The van der Waals surface area contributed by atoms with Gasteiger partial charge in [0.25, 0.3) is 0 Å². The number of anilines is 1. The van der Waals surface area contributed by atoms with E-state index in [2.05, 4.69) is 14.7 Å². The van der Waals surface area contributed by atoms with Crippen LogP contribution in [0.4, 0.5) is 19.0 Å². The van der Waals surface area contributed by atoms with E-state index in [0.717, 1.165) is 12.5 Å². The number of hydrogen-bond donors (Lipinski definition) is 0. The maximum absolute atomic E-state index is 12.8. The van der Waals surface area contributed by atoms with Crippen LogP contribution in [0, 0.1) is 0 Å². The van der Waals surface area contributed by atoms with Crippen molar-refractivity contribution >= 4 is 23.4 Å². The Hall–Kier alpha value is -1.61. The molecule has 2 bridgehead atoms. The average Bonchev–Trinajstić information content (AvgIpc) is 3.05. The molecule has 126 valence electrons. The molecule has 6 nitrogen and oxygen atoms in total. The minimum absolute atomic E-state index is 0.00305. The monoisotopic (exact) mass is 350 g/mol. The minimum atomic E-state index is -4.57. The molecule has 0 radical (unpaired) electrons. The number of fused-ring (bicyclic) bond motifs is 2. The van der Waals surface area contributed by atoms with Crippen LogP contribution in [0.2, 0.25) is 5.28 Å². The van der Waals surface area contributed by atoms with Gasteiger partial charge in [-0.3, -0.25) is 9.69 Å². The number of alkyl halides is 3. The quantitative estimate of drug-likeness (QED) is 0.609. The van der Waals surface area contributed by atoms with E-state index in [-0.39, 0.29) is 30.4 Å². The number of likely N-dealkylation sites (tertiary alicyclic amines) is 1. The molecule has 2 saturated heterocycles. The Bertz CT molecular complexity index is 628. The van der Waals surface area contributed by atoms with Gasteiger partial charge < -0.3 is 9.64 Å². The van der Waals surface area contributed by atoms with Crippen molar-refractivity contribution < 1.29 is 22.7 Å². The molecule has 0 saturated carbocycles. The minimum Gasteiger partial charge on any atom is -0.468 e. The molecule has 3 heterocycles. The van der Waals surface area contributed by atoms with Gasteiger partial charge in [-0.1, -0.05) is 0 Å². The number of hydrogen-bond acceptors (Lipinski definition) is 6. The van der Waals surface area contributed by atoms with E-state index in [1.54, 1.807) is 4.90 Å². The predicted octanol–water partition coefficient (Wildman–Crippen LogP) is 1.58. The van der Waals surface area contributed by atoms with Crippen LogP contribution in [0.15, 0.2) is 6.07 Å². The van der Waals surface area contributed by atoms with Gasteiger partial charge >= 0.3 is 12.1 Å². The van der Waals surface area contributed by atoms with Crippen LogP contribution in [-0.4, -0.2) is 59.7 Å². The predicted molar refractivity (Wildman–Crippen MR) is 75.2 cm³/mol. The van der Waals surface area contributed by atoms with Gasteiger partial charge in [0.15, 0.2) is 5.69 Å². The van der Waals surface area contributed by atoms with Gasteiger partial charge in [-0.25, -0.2) is 9.97 Å². The number of rotatable bonds is 3. The molecular formula is C13H14ClF3N4O2. The standard InChI is InChI=1S/C13H14ClF3N4O2/c1-23-11(22)6-20-4-8-2-7(20)5-21(8)10-3-9(13(15,16)17)18-12(14)19-10/h3,7-8H,2,4-6H2,1H3/t7-,8-/m0/s1. The number of methoxy groups -OCH3 is 1. The van der Waals surface area contributed by atoms with Crippen molar-refractivity contribution in [2.24, 2.45) is 0 Å². The first-order valence-corrected chi connectivity index (χ1v) is 7.35. The molecule has 0 aromatic carbocycles. The average molecular weight is 351 g/mol. The molecule has 0 aliphatic carbocycles. The Balaban J connectivity index is 1.76. The molecule has 0 N–H and O–H groups in total. The fourth-order valence-electron chi connectivity index (χ4n) is 3.15. The number of piperazine rings is 1. The molecule has 10 heteroatoms. The van der Waals surface area contributed by atoms with Crippen molar-refractivity contribution in [3.63, 3.8) is 0 Å². The van der Waals surface area contributed by atoms with Crippen LogP contribution in [-0.2, 0) is 15.7 Å². The van der Waals surface area contributed by atoms with Crippen molar-refractivity contribution in [1.82, 2.24) is 14.9 Å². The second-order valence-corrected chi connectivity index (χ2v) is 5.92. The molecule has 2 aliphatic rings. The number of carbonyl (C=O) groups excluding carboxylic acids is 1. The first kappa shape index (κ1) is 16.3. The fraction of sp³-hybridized carbons (Fsp3) is 0.615. The SMILES string of the molecule is COC(=O)CN1C[C@@H]2C[C@H]1CN2c1cc(C(F)(F)F)nc(Cl)n1. The largest absolute Gasteiger partial charge is 0.468 e. The summed E-state index contributed by atoms with van der Waals surface area (Å²) in [5.74, 6) is -0.156. The van der Waals surface area contributed by atoms with E-state index in [9.17, 15) is 18.0 Å². The summed E-state index contributed by atoms with van der Waals surface area (Å²) in [6, 6.07) is 0.996. The number of halogens is 4. The fourth-order valence-corrected chi connectivity index (χ4v) is 3.33. The summed E-state index contributed by atoms with van der Waals surface area (Å²) in [6.45, 7) is 1.25. The van der Waals surface area contributed by atoms with Crippen molar-refractivity contribution in [3.8, 4) is 0 Å². The third-order valence-electron chi connectivity index (χ3n) is 4.18. The van der Waals surface area contributed by atoms with E-state index in [4.69, 9.17) is 11.6 Å². The molecule has 2 aliphatic heterocycles. The molecule has 1 aromatic heterocycles. The maximum Gasteiger partial charge on any atom is 0.433 e. The topological polar surface area (TPSA) is 58.6 Å². The number of aromatic nitrogens is 2. The normalized spacial score (nSPS) is 24.3. The zero-order valence-corrected chi connectivity index (χ0v) is 12.9. The first-order valence-electron chi connectivity index (χ1n) is 6.97. The molecule has 23 heavy (non-hydrogen) atoms. The van der Waals surface area contributed by atoms with E-state index >= 15 is 0 Å². The van der Waals surface area contributed by atoms with Gasteiger partial charge in [-0.05, 0) is 18.0 Å². The van der Waals surface area contributed by atoms with Crippen molar-refractivity contribution in [3.05, 3.63) is 17.0 Å². The summed E-state index contributed by atoms with van der Waals surface area (Å²) in [7, 11) is 1.32. The highest BCUT2D eigenvalue weighted by Gasteiger charge is 2.45. The van der Waals surface area contributed by atoms with Gasteiger partial charge in [0.05, 0.1) is 13.7 Å². The summed E-state index contributed by atoms with van der Waals surface area (Å²) in [5, 5.41) is -0.427. The van der Waals surface area contributed by atoms with Gasteiger partial charge in [0, 0.05) is 31.2 Å². The summed E-state index contributed by atoms with van der Waals surface area (Å²) in [4.78, 5) is 22.3. The summed E-state index contributed by atoms with van der Waals surface area (Å²) < 4.78 is 43.2. The molecule has 3 rings (SSSR count). The Morgan fingerprint density at radius 1 is 1.39 bits per heavy atom. The van der Waals surface area contributed by atoms with Gasteiger partial charge in [0.2, 0.25) is 5.28 Å². The lowest BCUT2D eigenvalue weighted by Gasteiger charge is -2.34. The van der Waals surface area contributed by atoms with Gasteiger partial charge in [0.1, 0.15) is 5.82 Å². The van der Waals surface area contributed by atoms with Crippen LogP contribution in [0.3, 0.4) is 0 Å². The summed E-state index contributed by atoms with van der Waals surface area (Å²) >= 11 is 5.63. The Morgan fingerprint density at radius 3 is 2.70 bits per heavy atom. The molecule has 0 spiro atoms. The molecule has 2 atom stereocenters. The molecule has 0 amide bonds. The van der Waals surface area contributed by atoms with E-state index < -0.39 is 17.2 Å².